The Labute approximate surface area is 166 Å². The van der Waals surface area contributed by atoms with Crippen LogP contribution in [0.5, 0.6) is 5.75 Å². The Hall–Kier alpha value is -2.99. The number of hydrogen-bond acceptors (Lipinski definition) is 4. The van der Waals surface area contributed by atoms with Crippen LogP contribution in [0.25, 0.3) is 0 Å². The summed E-state index contributed by atoms with van der Waals surface area (Å²) in [6, 6.07) is 24.4. The number of ether oxygens (including phenoxy) is 1. The second-order valence-electron chi connectivity index (χ2n) is 6.32. The van der Waals surface area contributed by atoms with Gasteiger partial charge in [0.15, 0.2) is 0 Å². The molecular formula is C22H24N2O3S. The summed E-state index contributed by atoms with van der Waals surface area (Å²) in [6.45, 7) is 2.58. The molecule has 6 heteroatoms. The quantitative estimate of drug-likeness (QED) is 0.544. The Kier molecular flexibility index (Phi) is 6.55. The minimum absolute atomic E-state index is 0.0448. The average Bonchev–Trinajstić information content (AvgIpc) is 2.70. The average molecular weight is 397 g/mol. The van der Waals surface area contributed by atoms with Crippen molar-refractivity contribution in [2.75, 3.05) is 22.4 Å². The first-order valence-corrected chi connectivity index (χ1v) is 10.8. The van der Waals surface area contributed by atoms with E-state index in [0.717, 1.165) is 22.7 Å². The van der Waals surface area contributed by atoms with Gasteiger partial charge < -0.3 is 10.1 Å². The monoisotopic (exact) mass is 396 g/mol. The largest absolute Gasteiger partial charge is 0.494 e. The summed E-state index contributed by atoms with van der Waals surface area (Å²) in [5.41, 5.74) is 3.35. The number of hydrogen-bond donors (Lipinski definition) is 2. The van der Waals surface area contributed by atoms with Gasteiger partial charge in [0.25, 0.3) is 0 Å². The smallest absolute Gasteiger partial charge is 0.233 e. The fourth-order valence-electron chi connectivity index (χ4n) is 2.72. The zero-order valence-corrected chi connectivity index (χ0v) is 16.6. The Morgan fingerprint density at radius 2 is 1.36 bits per heavy atom. The lowest BCUT2D eigenvalue weighted by molar-refractivity contribution is 0.340. The molecular weight excluding hydrogens is 372 g/mol. The Morgan fingerprint density at radius 1 is 0.786 bits per heavy atom. The molecule has 3 aromatic rings. The molecule has 0 spiro atoms. The zero-order chi connectivity index (χ0) is 19.8. The van der Waals surface area contributed by atoms with Crippen molar-refractivity contribution in [3.8, 4) is 5.75 Å². The van der Waals surface area contributed by atoms with Crippen molar-refractivity contribution in [3.05, 3.63) is 84.4 Å². The van der Waals surface area contributed by atoms with E-state index in [1.807, 2.05) is 73.7 Å². The molecule has 2 N–H and O–H groups in total. The number of aryl methyl sites for hydroxylation is 1. The first-order valence-electron chi connectivity index (χ1n) is 9.18. The van der Waals surface area contributed by atoms with Crippen molar-refractivity contribution in [1.82, 2.24) is 0 Å². The molecule has 0 heterocycles. The summed E-state index contributed by atoms with van der Waals surface area (Å²) in [4.78, 5) is 0. The SMILES string of the molecule is CCOc1ccc(Nc2ccc(NS(=O)(=O)CCc3ccccc3)cc2)cc1. The van der Waals surface area contributed by atoms with E-state index in [9.17, 15) is 8.42 Å². The maximum atomic E-state index is 12.3. The lowest BCUT2D eigenvalue weighted by Gasteiger charge is -2.11. The maximum absolute atomic E-state index is 12.3. The van der Waals surface area contributed by atoms with Gasteiger partial charge in [-0.3, -0.25) is 4.72 Å². The maximum Gasteiger partial charge on any atom is 0.233 e. The van der Waals surface area contributed by atoms with E-state index in [1.54, 1.807) is 12.1 Å². The van der Waals surface area contributed by atoms with Crippen molar-refractivity contribution in [3.63, 3.8) is 0 Å². The third-order valence-corrected chi connectivity index (χ3v) is 5.40. The molecule has 28 heavy (non-hydrogen) atoms. The lowest BCUT2D eigenvalue weighted by atomic mass is 10.2. The van der Waals surface area contributed by atoms with Gasteiger partial charge in [-0.15, -0.1) is 0 Å². The van der Waals surface area contributed by atoms with E-state index in [4.69, 9.17) is 4.74 Å². The minimum atomic E-state index is -3.40. The third kappa shape index (κ3) is 6.03. The summed E-state index contributed by atoms with van der Waals surface area (Å²) in [7, 11) is -3.40. The second-order valence-corrected chi connectivity index (χ2v) is 8.16. The molecule has 0 bridgehead atoms. The topological polar surface area (TPSA) is 67.4 Å². The van der Waals surface area contributed by atoms with Gasteiger partial charge in [0.05, 0.1) is 12.4 Å². The molecule has 0 saturated heterocycles. The van der Waals surface area contributed by atoms with Gasteiger partial charge in [0.1, 0.15) is 5.75 Å². The molecule has 3 rings (SSSR count). The summed E-state index contributed by atoms with van der Waals surface area (Å²) in [6.07, 6.45) is 0.480. The first kappa shape index (κ1) is 19.8. The van der Waals surface area contributed by atoms with Gasteiger partial charge in [-0.05, 0) is 67.4 Å². The van der Waals surface area contributed by atoms with Crippen LogP contribution in [0, 0.1) is 0 Å². The van der Waals surface area contributed by atoms with Crippen LogP contribution >= 0.6 is 0 Å². The summed E-state index contributed by atoms with van der Waals surface area (Å²) in [5, 5.41) is 3.28. The van der Waals surface area contributed by atoms with Crippen LogP contribution in [-0.2, 0) is 16.4 Å². The van der Waals surface area contributed by atoms with Gasteiger partial charge in [-0.25, -0.2) is 8.42 Å². The highest BCUT2D eigenvalue weighted by Gasteiger charge is 2.10. The van der Waals surface area contributed by atoms with Gasteiger partial charge in [0, 0.05) is 17.1 Å². The van der Waals surface area contributed by atoms with Crippen molar-refractivity contribution < 1.29 is 13.2 Å². The van der Waals surface area contributed by atoms with Crippen molar-refractivity contribution in [2.45, 2.75) is 13.3 Å². The summed E-state index contributed by atoms with van der Waals surface area (Å²) >= 11 is 0. The predicted octanol–water partition coefficient (Wildman–Crippen LogP) is 4.81. The number of sulfonamides is 1. The fourth-order valence-corrected chi connectivity index (χ4v) is 3.82. The van der Waals surface area contributed by atoms with E-state index < -0.39 is 10.0 Å². The first-order chi connectivity index (χ1) is 13.5. The van der Waals surface area contributed by atoms with Crippen LogP contribution < -0.4 is 14.8 Å². The molecule has 5 nitrogen and oxygen atoms in total. The van der Waals surface area contributed by atoms with Crippen LogP contribution in [0.3, 0.4) is 0 Å². The number of nitrogens with one attached hydrogen (secondary N) is 2. The van der Waals surface area contributed by atoms with Crippen molar-refractivity contribution in [2.24, 2.45) is 0 Å². The van der Waals surface area contributed by atoms with Crippen LogP contribution in [0.2, 0.25) is 0 Å². The van der Waals surface area contributed by atoms with Crippen LogP contribution in [0.15, 0.2) is 78.9 Å². The molecule has 0 aromatic heterocycles. The van der Waals surface area contributed by atoms with Crippen molar-refractivity contribution >= 4 is 27.1 Å². The van der Waals surface area contributed by atoms with Crippen LogP contribution in [0.1, 0.15) is 12.5 Å². The number of benzene rings is 3. The predicted molar refractivity (Wildman–Crippen MR) is 115 cm³/mol. The van der Waals surface area contributed by atoms with E-state index in [0.29, 0.717) is 18.7 Å². The molecule has 0 fully saturated rings. The van der Waals surface area contributed by atoms with Gasteiger partial charge in [-0.2, -0.15) is 0 Å². The Bertz CT molecular complexity index is 971. The highest BCUT2D eigenvalue weighted by atomic mass is 32.2. The third-order valence-electron chi connectivity index (χ3n) is 4.11. The van der Waals surface area contributed by atoms with Crippen LogP contribution in [-0.4, -0.2) is 20.8 Å². The molecule has 146 valence electrons. The molecule has 3 aromatic carbocycles. The summed E-state index contributed by atoms with van der Waals surface area (Å²) in [5.74, 6) is 0.872. The molecule has 0 aliphatic carbocycles. The number of rotatable bonds is 9. The van der Waals surface area contributed by atoms with Crippen molar-refractivity contribution in [1.29, 1.82) is 0 Å². The van der Waals surface area contributed by atoms with E-state index in [2.05, 4.69) is 10.0 Å². The van der Waals surface area contributed by atoms with E-state index in [1.165, 1.54) is 0 Å². The molecule has 0 radical (unpaired) electrons. The fraction of sp³-hybridized carbons (Fsp3) is 0.182. The van der Waals surface area contributed by atoms with E-state index >= 15 is 0 Å². The second kappa shape index (κ2) is 9.28. The molecule has 0 aliphatic rings. The zero-order valence-electron chi connectivity index (χ0n) is 15.8. The van der Waals surface area contributed by atoms with Crippen LogP contribution in [0.4, 0.5) is 17.1 Å². The number of anilines is 3. The highest BCUT2D eigenvalue weighted by Crippen LogP contribution is 2.22. The van der Waals surface area contributed by atoms with Gasteiger partial charge >= 0.3 is 0 Å². The summed E-state index contributed by atoms with van der Waals surface area (Å²) < 4.78 is 32.6. The normalized spacial score (nSPS) is 11.0. The molecule has 0 aliphatic heterocycles. The van der Waals surface area contributed by atoms with Gasteiger partial charge in [0.2, 0.25) is 10.0 Å². The van der Waals surface area contributed by atoms with E-state index in [-0.39, 0.29) is 5.75 Å². The Balaban J connectivity index is 1.56. The highest BCUT2D eigenvalue weighted by molar-refractivity contribution is 7.92. The molecule has 0 atom stereocenters. The van der Waals surface area contributed by atoms with Gasteiger partial charge in [-0.1, -0.05) is 30.3 Å². The molecule has 0 saturated carbocycles. The lowest BCUT2D eigenvalue weighted by Crippen LogP contribution is -2.18. The standard InChI is InChI=1S/C22H24N2O3S/c1-2-27-22-14-12-20(13-15-22)23-19-8-10-21(11-9-19)24-28(25,26)17-16-18-6-4-3-5-7-18/h3-15,23-24H,2,16-17H2,1H3. The molecule has 0 unspecified atom stereocenters. The minimum Gasteiger partial charge on any atom is -0.494 e. The molecule has 0 amide bonds. The Morgan fingerprint density at radius 3 is 1.96 bits per heavy atom.